The molecular weight excluding hydrogens is 303 g/mol. The van der Waals surface area contributed by atoms with Crippen molar-refractivity contribution in [2.75, 3.05) is 11.9 Å². The van der Waals surface area contributed by atoms with E-state index in [9.17, 15) is 14.0 Å². The zero-order valence-corrected chi connectivity index (χ0v) is 12.9. The summed E-state index contributed by atoms with van der Waals surface area (Å²) in [5.74, 6) is -1.02. The lowest BCUT2D eigenvalue weighted by Crippen LogP contribution is -2.35. The van der Waals surface area contributed by atoms with Crippen LogP contribution in [0.1, 0.15) is 27.7 Å². The van der Waals surface area contributed by atoms with Gasteiger partial charge in [0.2, 0.25) is 5.91 Å². The first-order valence-corrected chi connectivity index (χ1v) is 7.84. The van der Waals surface area contributed by atoms with E-state index >= 15 is 0 Å². The first-order chi connectivity index (χ1) is 10.5. The van der Waals surface area contributed by atoms with Crippen molar-refractivity contribution in [1.29, 1.82) is 0 Å². The SMILES string of the molecule is CC(=O)Nc1cc(F)ccc1C(=O)N1CCc2sccc2C1. The Kier molecular flexibility index (Phi) is 3.94. The minimum absolute atomic E-state index is 0.194. The molecule has 1 N–H and O–H groups in total. The van der Waals surface area contributed by atoms with Crippen LogP contribution in [0.15, 0.2) is 29.6 Å². The molecule has 0 atom stereocenters. The van der Waals surface area contributed by atoms with Gasteiger partial charge in [0.05, 0.1) is 11.3 Å². The number of anilines is 1. The number of amides is 2. The normalized spacial score (nSPS) is 13.6. The van der Waals surface area contributed by atoms with E-state index in [0.717, 1.165) is 12.0 Å². The summed E-state index contributed by atoms with van der Waals surface area (Å²) in [7, 11) is 0. The minimum Gasteiger partial charge on any atom is -0.334 e. The molecule has 3 rings (SSSR count). The molecule has 2 amide bonds. The molecule has 4 nitrogen and oxygen atoms in total. The summed E-state index contributed by atoms with van der Waals surface area (Å²) in [5, 5.41) is 4.55. The van der Waals surface area contributed by atoms with Crippen LogP contribution >= 0.6 is 11.3 Å². The average molecular weight is 318 g/mol. The molecular formula is C16H15FN2O2S. The van der Waals surface area contributed by atoms with Gasteiger partial charge in [0.15, 0.2) is 0 Å². The molecule has 114 valence electrons. The monoisotopic (exact) mass is 318 g/mol. The topological polar surface area (TPSA) is 49.4 Å². The number of carbonyl (C=O) groups is 2. The van der Waals surface area contributed by atoms with Crippen molar-refractivity contribution < 1.29 is 14.0 Å². The van der Waals surface area contributed by atoms with Gasteiger partial charge >= 0.3 is 0 Å². The molecule has 0 bridgehead atoms. The van der Waals surface area contributed by atoms with Gasteiger partial charge in [-0.2, -0.15) is 0 Å². The Balaban J connectivity index is 1.88. The van der Waals surface area contributed by atoms with Gasteiger partial charge < -0.3 is 10.2 Å². The summed E-state index contributed by atoms with van der Waals surface area (Å²) in [6, 6.07) is 5.86. The Hall–Kier alpha value is -2.21. The van der Waals surface area contributed by atoms with E-state index in [4.69, 9.17) is 0 Å². The molecule has 1 aliphatic heterocycles. The molecule has 2 aromatic rings. The van der Waals surface area contributed by atoms with Gasteiger partial charge in [-0.1, -0.05) is 0 Å². The molecule has 0 saturated carbocycles. The fourth-order valence-electron chi connectivity index (χ4n) is 2.59. The number of hydrogen-bond acceptors (Lipinski definition) is 3. The highest BCUT2D eigenvalue weighted by molar-refractivity contribution is 7.10. The zero-order chi connectivity index (χ0) is 15.7. The molecule has 22 heavy (non-hydrogen) atoms. The lowest BCUT2D eigenvalue weighted by Gasteiger charge is -2.27. The fraction of sp³-hybridized carbons (Fsp3) is 0.250. The first-order valence-electron chi connectivity index (χ1n) is 6.96. The van der Waals surface area contributed by atoms with Crippen molar-refractivity contribution in [3.8, 4) is 0 Å². The summed E-state index contributed by atoms with van der Waals surface area (Å²) >= 11 is 1.70. The number of benzene rings is 1. The number of nitrogens with zero attached hydrogens (tertiary/aromatic N) is 1. The quantitative estimate of drug-likeness (QED) is 0.925. The molecule has 0 unspecified atom stereocenters. The third-order valence-electron chi connectivity index (χ3n) is 3.62. The molecule has 1 aromatic heterocycles. The van der Waals surface area contributed by atoms with E-state index in [1.807, 2.05) is 11.4 Å². The van der Waals surface area contributed by atoms with Crippen LogP contribution in [0.25, 0.3) is 0 Å². The van der Waals surface area contributed by atoms with Crippen LogP contribution in [-0.2, 0) is 17.8 Å². The predicted octanol–water partition coefficient (Wildman–Crippen LogP) is 3.04. The maximum atomic E-state index is 13.4. The van der Waals surface area contributed by atoms with Crippen molar-refractivity contribution in [2.24, 2.45) is 0 Å². The molecule has 1 aliphatic rings. The number of hydrogen-bond donors (Lipinski definition) is 1. The number of carbonyl (C=O) groups excluding carboxylic acids is 2. The van der Waals surface area contributed by atoms with Gasteiger partial charge in [-0.3, -0.25) is 9.59 Å². The number of rotatable bonds is 2. The van der Waals surface area contributed by atoms with Crippen LogP contribution in [0.4, 0.5) is 10.1 Å². The Morgan fingerprint density at radius 2 is 2.14 bits per heavy atom. The van der Waals surface area contributed by atoms with Crippen LogP contribution in [0.3, 0.4) is 0 Å². The largest absolute Gasteiger partial charge is 0.334 e. The average Bonchev–Trinajstić information content (AvgIpc) is 2.93. The van der Waals surface area contributed by atoms with E-state index < -0.39 is 5.82 Å². The molecule has 0 saturated heterocycles. The van der Waals surface area contributed by atoms with Crippen molar-refractivity contribution in [3.05, 3.63) is 51.5 Å². The van der Waals surface area contributed by atoms with Gasteiger partial charge in [-0.25, -0.2) is 4.39 Å². The van der Waals surface area contributed by atoms with Gasteiger partial charge in [-0.15, -0.1) is 11.3 Å². The Morgan fingerprint density at radius 3 is 2.91 bits per heavy atom. The maximum Gasteiger partial charge on any atom is 0.256 e. The molecule has 0 spiro atoms. The molecule has 0 aliphatic carbocycles. The molecule has 1 aromatic carbocycles. The highest BCUT2D eigenvalue weighted by Gasteiger charge is 2.24. The van der Waals surface area contributed by atoms with Crippen LogP contribution in [0, 0.1) is 5.82 Å². The smallest absolute Gasteiger partial charge is 0.256 e. The predicted molar refractivity (Wildman–Crippen MR) is 83.5 cm³/mol. The van der Waals surface area contributed by atoms with E-state index in [0.29, 0.717) is 18.7 Å². The highest BCUT2D eigenvalue weighted by Crippen LogP contribution is 2.27. The Morgan fingerprint density at radius 1 is 1.32 bits per heavy atom. The van der Waals surface area contributed by atoms with Crippen molar-refractivity contribution in [2.45, 2.75) is 19.9 Å². The number of fused-ring (bicyclic) bond motifs is 1. The van der Waals surface area contributed by atoms with E-state index in [1.54, 1.807) is 16.2 Å². The van der Waals surface area contributed by atoms with Crippen molar-refractivity contribution >= 4 is 28.8 Å². The Bertz CT molecular complexity index is 741. The van der Waals surface area contributed by atoms with Gasteiger partial charge in [-0.05, 0) is 41.6 Å². The Labute approximate surface area is 131 Å². The lowest BCUT2D eigenvalue weighted by atomic mass is 10.1. The molecule has 2 heterocycles. The van der Waals surface area contributed by atoms with Crippen LogP contribution in [0.5, 0.6) is 0 Å². The summed E-state index contributed by atoms with van der Waals surface area (Å²) in [5.41, 5.74) is 1.69. The summed E-state index contributed by atoms with van der Waals surface area (Å²) in [6.07, 6.45) is 0.829. The second-order valence-electron chi connectivity index (χ2n) is 5.22. The third kappa shape index (κ3) is 2.87. The lowest BCUT2D eigenvalue weighted by molar-refractivity contribution is -0.114. The summed E-state index contributed by atoms with van der Waals surface area (Å²) < 4.78 is 13.4. The summed E-state index contributed by atoms with van der Waals surface area (Å²) in [4.78, 5) is 27.0. The highest BCUT2D eigenvalue weighted by atomic mass is 32.1. The molecule has 6 heteroatoms. The number of thiophene rings is 1. The van der Waals surface area contributed by atoms with Crippen molar-refractivity contribution in [3.63, 3.8) is 0 Å². The van der Waals surface area contributed by atoms with E-state index in [2.05, 4.69) is 5.32 Å². The van der Waals surface area contributed by atoms with Gasteiger partial charge in [0, 0.05) is 24.9 Å². The second kappa shape index (κ2) is 5.88. The summed E-state index contributed by atoms with van der Waals surface area (Å²) in [6.45, 7) is 2.51. The standard InChI is InChI=1S/C16H15FN2O2S/c1-10(20)18-14-8-12(17)2-3-13(14)16(21)19-6-4-15-11(9-19)5-7-22-15/h2-3,5,7-8H,4,6,9H2,1H3,(H,18,20). The first kappa shape index (κ1) is 14.7. The fourth-order valence-corrected chi connectivity index (χ4v) is 3.48. The number of nitrogens with one attached hydrogen (secondary N) is 1. The second-order valence-corrected chi connectivity index (χ2v) is 6.22. The third-order valence-corrected chi connectivity index (χ3v) is 4.64. The van der Waals surface area contributed by atoms with Crippen LogP contribution in [0.2, 0.25) is 0 Å². The van der Waals surface area contributed by atoms with Crippen LogP contribution < -0.4 is 5.32 Å². The van der Waals surface area contributed by atoms with Gasteiger partial charge in [0.25, 0.3) is 5.91 Å². The maximum absolute atomic E-state index is 13.4. The number of halogens is 1. The zero-order valence-electron chi connectivity index (χ0n) is 12.1. The molecule has 0 radical (unpaired) electrons. The van der Waals surface area contributed by atoms with Crippen molar-refractivity contribution in [1.82, 2.24) is 4.90 Å². The van der Waals surface area contributed by atoms with E-state index in [1.165, 1.54) is 30.0 Å². The molecule has 0 fully saturated rings. The van der Waals surface area contributed by atoms with E-state index in [-0.39, 0.29) is 17.5 Å². The van der Waals surface area contributed by atoms with Gasteiger partial charge in [0.1, 0.15) is 5.82 Å². The minimum atomic E-state index is -0.487. The van der Waals surface area contributed by atoms with Crippen LogP contribution in [-0.4, -0.2) is 23.3 Å².